The quantitative estimate of drug-likeness (QED) is 0.0140. The molecular formula is C53H58N9O11+. The highest BCUT2D eigenvalue weighted by Crippen LogP contribution is 2.28. The minimum atomic E-state index is -0.981. The Morgan fingerprint density at radius 1 is 0.562 bits per heavy atom. The van der Waals surface area contributed by atoms with Crippen molar-refractivity contribution < 1.29 is 57.9 Å². The maximum atomic E-state index is 12.9. The molecule has 0 unspecified atom stereocenters. The number of hydrogen-bond acceptors (Lipinski definition) is 13. The summed E-state index contributed by atoms with van der Waals surface area (Å²) in [6, 6.07) is 30.9. The van der Waals surface area contributed by atoms with Gasteiger partial charge in [0.25, 0.3) is 11.8 Å². The van der Waals surface area contributed by atoms with E-state index in [0.29, 0.717) is 61.2 Å². The zero-order chi connectivity index (χ0) is 52.3. The number of nitrogens with one attached hydrogen (secondary N) is 8. The van der Waals surface area contributed by atoms with Gasteiger partial charge in [-0.2, -0.15) is 10.0 Å². The Balaban J connectivity index is 0.803. The second-order valence-electron chi connectivity index (χ2n) is 16.7. The molecule has 10 N–H and O–H groups in total. The second-order valence-corrected chi connectivity index (χ2v) is 16.7. The lowest BCUT2D eigenvalue weighted by Gasteiger charge is -2.13. The van der Waals surface area contributed by atoms with E-state index in [1.165, 1.54) is 24.3 Å². The Morgan fingerprint density at radius 3 is 1.82 bits per heavy atom. The molecule has 0 saturated heterocycles. The van der Waals surface area contributed by atoms with Crippen LogP contribution in [0.4, 0.5) is 28.4 Å². The molecule has 0 radical (unpaired) electrons. The smallest absolute Gasteiger partial charge is 0.327 e. The molecule has 1 aromatic heterocycles. The summed E-state index contributed by atoms with van der Waals surface area (Å²) < 4.78 is 12.8. The van der Waals surface area contributed by atoms with Crippen LogP contribution in [-0.2, 0) is 51.4 Å². The molecule has 6 aromatic rings. The second kappa shape index (κ2) is 26.5. The van der Waals surface area contributed by atoms with Gasteiger partial charge in [-0.3, -0.25) is 44.5 Å². The monoisotopic (exact) mass is 996 g/mol. The number of hydroxylamine groups is 1. The predicted octanol–water partition coefficient (Wildman–Crippen LogP) is 5.07. The normalized spacial score (nSPS) is 10.7. The van der Waals surface area contributed by atoms with Crippen molar-refractivity contribution in [3.63, 3.8) is 0 Å². The van der Waals surface area contributed by atoms with Crippen LogP contribution in [0, 0.1) is 27.7 Å². The first-order chi connectivity index (χ1) is 35.1. The lowest BCUT2D eigenvalue weighted by Crippen LogP contribution is -2.41. The summed E-state index contributed by atoms with van der Waals surface area (Å²) in [5.74, 6) is -4.69. The molecule has 20 heteroatoms. The van der Waals surface area contributed by atoms with Crippen LogP contribution in [0.5, 0.6) is 11.5 Å². The number of carbonyl (C=O) groups is 6. The minimum absolute atomic E-state index is 0.0712. The third kappa shape index (κ3) is 16.7. The molecule has 0 bridgehead atoms. The molecule has 0 atom stereocenters. The molecule has 0 aliphatic heterocycles. The third-order valence-electron chi connectivity index (χ3n) is 10.8. The average Bonchev–Trinajstić information content (AvgIpc) is 3.36. The van der Waals surface area contributed by atoms with Gasteiger partial charge in [-0.25, -0.2) is 0 Å². The van der Waals surface area contributed by atoms with Gasteiger partial charge in [0.1, 0.15) is 17.1 Å². The maximum absolute atomic E-state index is 12.9. The van der Waals surface area contributed by atoms with E-state index >= 15 is 0 Å². The number of hydrazine groups is 1. The number of aromatic nitrogens is 1. The van der Waals surface area contributed by atoms with Crippen LogP contribution < -0.4 is 47.5 Å². The van der Waals surface area contributed by atoms with Crippen molar-refractivity contribution in [1.29, 1.82) is 0 Å². The number of nitrogens with zero attached hydrogens (tertiary/aromatic N) is 1. The van der Waals surface area contributed by atoms with Gasteiger partial charge in [-0.05, 0) is 133 Å². The fourth-order valence-electron chi connectivity index (χ4n) is 7.02. The van der Waals surface area contributed by atoms with E-state index in [-0.39, 0.29) is 54.4 Å². The van der Waals surface area contributed by atoms with Crippen LogP contribution in [0.2, 0.25) is 0 Å². The molecule has 0 fully saturated rings. The standard InChI is InChI=1S/C53H57N9O11/c1-33-10-14-44(46(63)25-33)58-51(68)50(67)57-42-16-12-39(27-35(42)3)38-8-5-7-37(29-38)32-73-55-19-22-72-24-23-71-21-18-54-49(66)40-9-6-20-62(30-40)31-48(65)56-41-13-17-43(36(4)28-41)60-61-53(70)52(69)59-45-15-11-34(2)26-47(45)64/h5-17,20,25-30,55H,18-19,21-24,31-32H2,1-4H3,(H8-,54,56,57,58,59,60,61,63,64,65,66,67,68,69,70)/p+1. The van der Waals surface area contributed by atoms with Crippen molar-refractivity contribution in [3.05, 3.63) is 155 Å². The minimum Gasteiger partial charge on any atom is -0.506 e. The molecule has 73 heavy (non-hydrogen) atoms. The van der Waals surface area contributed by atoms with Crippen molar-refractivity contribution in [2.24, 2.45) is 0 Å². The van der Waals surface area contributed by atoms with Gasteiger partial charge in [-0.15, -0.1) is 0 Å². The third-order valence-corrected chi connectivity index (χ3v) is 10.8. The SMILES string of the molecule is Cc1ccc(NC(=O)C(=O)NNc2ccc(NC(=O)C[n+]3cccc(C(=O)NCCOCCOCCNOCc4cccc(-c5ccc(NC(=O)C(=O)Nc6ccc(C)cc6O)c(C)c5)c4)c3)cc2C)c(O)c1. The Hall–Kier alpha value is -8.69. The fourth-order valence-corrected chi connectivity index (χ4v) is 7.02. The van der Waals surface area contributed by atoms with Crippen LogP contribution in [-0.4, -0.2) is 85.2 Å². The summed E-state index contributed by atoms with van der Waals surface area (Å²) in [7, 11) is 0. The number of phenolic OH excluding ortho intramolecular Hbond substituents is 2. The van der Waals surface area contributed by atoms with Crippen LogP contribution in [0.1, 0.15) is 38.2 Å². The predicted molar refractivity (Wildman–Crippen MR) is 273 cm³/mol. The zero-order valence-corrected chi connectivity index (χ0v) is 40.7. The van der Waals surface area contributed by atoms with Crippen molar-refractivity contribution in [1.82, 2.24) is 16.2 Å². The highest BCUT2D eigenvalue weighted by atomic mass is 16.6. The van der Waals surface area contributed by atoms with Gasteiger partial charge in [-0.1, -0.05) is 36.4 Å². The Morgan fingerprint density at radius 2 is 1.16 bits per heavy atom. The molecule has 6 amide bonds. The van der Waals surface area contributed by atoms with Crippen molar-refractivity contribution >= 4 is 63.9 Å². The average molecular weight is 997 g/mol. The summed E-state index contributed by atoms with van der Waals surface area (Å²) in [4.78, 5) is 81.1. The molecule has 5 aromatic carbocycles. The first-order valence-corrected chi connectivity index (χ1v) is 23.1. The molecule has 0 aliphatic rings. The molecule has 20 nitrogen and oxygen atoms in total. The summed E-state index contributed by atoms with van der Waals surface area (Å²) >= 11 is 0. The van der Waals surface area contributed by atoms with E-state index in [9.17, 15) is 39.0 Å². The molecule has 1 heterocycles. The molecule has 0 aliphatic carbocycles. The van der Waals surface area contributed by atoms with Gasteiger partial charge in [0, 0.05) is 30.5 Å². The van der Waals surface area contributed by atoms with Crippen LogP contribution in [0.3, 0.4) is 0 Å². The Kier molecular flexibility index (Phi) is 19.5. The van der Waals surface area contributed by atoms with Crippen LogP contribution in [0.15, 0.2) is 122 Å². The van der Waals surface area contributed by atoms with E-state index in [1.807, 2.05) is 43.3 Å². The number of amides is 6. The number of hydrogen-bond donors (Lipinski definition) is 10. The van der Waals surface area contributed by atoms with Gasteiger partial charge in [0.05, 0.1) is 50.1 Å². The number of carbonyl (C=O) groups excluding carboxylic acids is 6. The van der Waals surface area contributed by atoms with Crippen molar-refractivity contribution in [2.45, 2.75) is 40.8 Å². The molecule has 0 saturated carbocycles. The number of pyridine rings is 1. The number of aromatic hydroxyl groups is 2. The molecule has 380 valence electrons. The van der Waals surface area contributed by atoms with E-state index in [0.717, 1.165) is 33.4 Å². The Bertz CT molecular complexity index is 2970. The fraction of sp³-hybridized carbons (Fsp3) is 0.226. The lowest BCUT2D eigenvalue weighted by atomic mass is 10.0. The van der Waals surface area contributed by atoms with E-state index in [2.05, 4.69) is 42.9 Å². The van der Waals surface area contributed by atoms with E-state index in [1.54, 1.807) is 86.3 Å². The first-order valence-electron chi connectivity index (χ1n) is 23.1. The highest BCUT2D eigenvalue weighted by molar-refractivity contribution is 6.44. The highest BCUT2D eigenvalue weighted by Gasteiger charge is 2.19. The molecule has 0 spiro atoms. The van der Waals surface area contributed by atoms with Crippen molar-refractivity contribution in [2.75, 3.05) is 66.2 Å². The Labute approximate surface area is 421 Å². The molecular weight excluding hydrogens is 939 g/mol. The number of phenols is 2. The van der Waals surface area contributed by atoms with Gasteiger partial charge < -0.3 is 46.3 Å². The zero-order valence-electron chi connectivity index (χ0n) is 40.7. The molecule has 6 rings (SSSR count). The van der Waals surface area contributed by atoms with Gasteiger partial charge in [0.2, 0.25) is 6.54 Å². The number of anilines is 5. The van der Waals surface area contributed by atoms with E-state index < -0.39 is 23.6 Å². The van der Waals surface area contributed by atoms with Gasteiger partial charge in [0.15, 0.2) is 12.4 Å². The first kappa shape index (κ1) is 53.7. The number of benzene rings is 5. The maximum Gasteiger partial charge on any atom is 0.327 e. The van der Waals surface area contributed by atoms with Crippen molar-refractivity contribution in [3.8, 4) is 22.6 Å². The topological polar surface area (TPSA) is 271 Å². The summed E-state index contributed by atoms with van der Waals surface area (Å²) in [6.07, 6.45) is 3.23. The lowest BCUT2D eigenvalue weighted by molar-refractivity contribution is -0.684. The largest absolute Gasteiger partial charge is 0.506 e. The number of aryl methyl sites for hydroxylation is 4. The number of ether oxygens (including phenoxy) is 2. The van der Waals surface area contributed by atoms with Crippen LogP contribution >= 0.6 is 0 Å². The van der Waals surface area contributed by atoms with Gasteiger partial charge >= 0.3 is 23.6 Å². The summed E-state index contributed by atoms with van der Waals surface area (Å²) in [5.41, 5.74) is 15.7. The van der Waals surface area contributed by atoms with E-state index in [4.69, 9.17) is 14.3 Å². The number of rotatable bonds is 22. The van der Waals surface area contributed by atoms with Crippen LogP contribution in [0.25, 0.3) is 11.1 Å². The summed E-state index contributed by atoms with van der Waals surface area (Å²) in [5, 5.41) is 33.1. The summed E-state index contributed by atoms with van der Waals surface area (Å²) in [6.45, 7) is 9.39.